The smallest absolute Gasteiger partial charge is 0.379 e. The van der Waals surface area contributed by atoms with Crippen LogP contribution in [0.25, 0.3) is 0 Å². The van der Waals surface area contributed by atoms with Crippen LogP contribution in [0.1, 0.15) is 11.7 Å². The number of rotatable bonds is 2. The minimum absolute atomic E-state index is 0.288. The van der Waals surface area contributed by atoms with Crippen LogP contribution >= 0.6 is 0 Å². The normalized spacial score (nSPS) is 13.6. The summed E-state index contributed by atoms with van der Waals surface area (Å²) in [4.78, 5) is 9.11. The summed E-state index contributed by atoms with van der Waals surface area (Å²) in [6.45, 7) is 0. The highest BCUT2D eigenvalue weighted by Gasteiger charge is 2.39. The van der Waals surface area contributed by atoms with E-state index in [2.05, 4.69) is 0 Å². The van der Waals surface area contributed by atoms with E-state index in [1.54, 1.807) is 0 Å². The summed E-state index contributed by atoms with van der Waals surface area (Å²) >= 11 is 0. The van der Waals surface area contributed by atoms with E-state index in [1.165, 1.54) is 0 Å². The van der Waals surface area contributed by atoms with E-state index in [-0.39, 0.29) is 6.07 Å². The van der Waals surface area contributed by atoms with Crippen LogP contribution in [0, 0.1) is 15.9 Å². The average Bonchev–Trinajstić information content (AvgIpc) is 2.14. The molecule has 0 bridgehead atoms. The van der Waals surface area contributed by atoms with Crippen LogP contribution in [0.5, 0.6) is 0 Å². The molecule has 4 nitrogen and oxygen atoms in total. The Morgan fingerprint density at radius 3 is 2.31 bits per heavy atom. The lowest BCUT2D eigenvalue weighted by molar-refractivity contribution is -0.387. The molecule has 1 aromatic rings. The van der Waals surface area contributed by atoms with Gasteiger partial charge in [-0.2, -0.15) is 17.6 Å². The fourth-order valence-electron chi connectivity index (χ4n) is 1.03. The number of hydrogen-bond acceptors (Lipinski definition) is 3. The van der Waals surface area contributed by atoms with Crippen molar-refractivity contribution in [3.63, 3.8) is 0 Å². The molecule has 0 amide bonds. The van der Waals surface area contributed by atoms with Crippen LogP contribution in [0.15, 0.2) is 18.2 Å². The summed E-state index contributed by atoms with van der Waals surface area (Å²) in [5.74, 6) is -1.43. The predicted octanol–water partition coefficient (Wildman–Crippen LogP) is 2.33. The SMILES string of the molecule is O=[N+]([O-])c1ccc([C@@H](O)C(F)(F)F)cc1F. The minimum Gasteiger partial charge on any atom is -0.379 e. The Balaban J connectivity index is 3.11. The van der Waals surface area contributed by atoms with Gasteiger partial charge in [-0.1, -0.05) is 0 Å². The topological polar surface area (TPSA) is 63.4 Å². The van der Waals surface area contributed by atoms with E-state index in [9.17, 15) is 27.7 Å². The molecular weight excluding hydrogens is 234 g/mol. The lowest BCUT2D eigenvalue weighted by atomic mass is 10.1. The third-order valence-electron chi connectivity index (χ3n) is 1.79. The summed E-state index contributed by atoms with van der Waals surface area (Å²) < 4.78 is 49.0. The molecule has 8 heteroatoms. The third kappa shape index (κ3) is 2.45. The van der Waals surface area contributed by atoms with Crippen molar-refractivity contribution in [3.8, 4) is 0 Å². The Hall–Kier alpha value is -1.70. The second-order valence-electron chi connectivity index (χ2n) is 2.91. The van der Waals surface area contributed by atoms with Gasteiger partial charge in [-0.15, -0.1) is 0 Å². The van der Waals surface area contributed by atoms with E-state index in [0.717, 1.165) is 0 Å². The number of halogens is 4. The van der Waals surface area contributed by atoms with Crippen LogP contribution in [0.3, 0.4) is 0 Å². The summed E-state index contributed by atoms with van der Waals surface area (Å²) in [6.07, 6.45) is -7.80. The highest BCUT2D eigenvalue weighted by Crippen LogP contribution is 2.33. The Kier molecular flexibility index (Phi) is 3.13. The number of nitrogens with zero attached hydrogens (tertiary/aromatic N) is 1. The van der Waals surface area contributed by atoms with Crippen molar-refractivity contribution in [2.45, 2.75) is 12.3 Å². The first kappa shape index (κ1) is 12.4. The maximum Gasteiger partial charge on any atom is 0.418 e. The van der Waals surface area contributed by atoms with Crippen molar-refractivity contribution < 1.29 is 27.6 Å². The number of hydrogen-bond donors (Lipinski definition) is 1. The van der Waals surface area contributed by atoms with Gasteiger partial charge in [-0.05, 0) is 17.7 Å². The van der Waals surface area contributed by atoms with Gasteiger partial charge in [0.25, 0.3) is 0 Å². The molecule has 1 N–H and O–H groups in total. The highest BCUT2D eigenvalue weighted by molar-refractivity contribution is 5.36. The molecular formula is C8H5F4NO3. The molecule has 1 atom stereocenters. The number of nitro benzene ring substituents is 1. The Morgan fingerprint density at radius 2 is 1.94 bits per heavy atom. The molecule has 0 radical (unpaired) electrons. The third-order valence-corrected chi connectivity index (χ3v) is 1.79. The molecule has 0 fully saturated rings. The lowest BCUT2D eigenvalue weighted by Crippen LogP contribution is -2.20. The van der Waals surface area contributed by atoms with Gasteiger partial charge < -0.3 is 5.11 Å². The Bertz CT molecular complexity index is 418. The molecule has 0 unspecified atom stereocenters. The largest absolute Gasteiger partial charge is 0.418 e. The van der Waals surface area contributed by atoms with E-state index >= 15 is 0 Å². The second kappa shape index (κ2) is 4.05. The van der Waals surface area contributed by atoms with Gasteiger partial charge >= 0.3 is 11.9 Å². The summed E-state index contributed by atoms with van der Waals surface area (Å²) in [6, 6.07) is 1.51. The average molecular weight is 239 g/mol. The van der Waals surface area contributed by atoms with E-state index in [1.807, 2.05) is 0 Å². The summed E-state index contributed by atoms with van der Waals surface area (Å²) in [7, 11) is 0. The first-order valence-electron chi connectivity index (χ1n) is 3.92. The van der Waals surface area contributed by atoms with Crippen molar-refractivity contribution in [2.75, 3.05) is 0 Å². The molecule has 0 aliphatic rings. The molecule has 16 heavy (non-hydrogen) atoms. The standard InChI is InChI=1S/C8H5F4NO3/c9-5-3-4(7(14)8(10,11)12)1-2-6(5)13(15)16/h1-3,7,14H/t7-/m1/s1. The van der Waals surface area contributed by atoms with Crippen LogP contribution in [0.2, 0.25) is 0 Å². The molecule has 0 aliphatic carbocycles. The van der Waals surface area contributed by atoms with Crippen molar-refractivity contribution in [1.29, 1.82) is 0 Å². The van der Waals surface area contributed by atoms with E-state index in [4.69, 9.17) is 5.11 Å². The lowest BCUT2D eigenvalue weighted by Gasteiger charge is -2.14. The quantitative estimate of drug-likeness (QED) is 0.489. The highest BCUT2D eigenvalue weighted by atomic mass is 19.4. The second-order valence-corrected chi connectivity index (χ2v) is 2.91. The molecule has 0 heterocycles. The number of aliphatic hydroxyl groups excluding tert-OH is 1. The van der Waals surface area contributed by atoms with Crippen LogP contribution < -0.4 is 0 Å². The summed E-state index contributed by atoms with van der Waals surface area (Å²) in [5.41, 5.74) is -1.73. The van der Waals surface area contributed by atoms with Crippen LogP contribution in [0.4, 0.5) is 23.2 Å². The van der Waals surface area contributed by atoms with Crippen molar-refractivity contribution >= 4 is 5.69 Å². The molecule has 1 rings (SSSR count). The van der Waals surface area contributed by atoms with Gasteiger partial charge in [0.15, 0.2) is 6.10 Å². The summed E-state index contributed by atoms with van der Waals surface area (Å²) in [5, 5.41) is 18.9. The van der Waals surface area contributed by atoms with Gasteiger partial charge in [0.2, 0.25) is 5.82 Å². The van der Waals surface area contributed by atoms with Crippen molar-refractivity contribution in [2.24, 2.45) is 0 Å². The maximum atomic E-state index is 12.9. The zero-order valence-corrected chi connectivity index (χ0v) is 7.53. The van der Waals surface area contributed by atoms with Crippen molar-refractivity contribution in [3.05, 3.63) is 39.7 Å². The van der Waals surface area contributed by atoms with Gasteiger partial charge in [0, 0.05) is 6.07 Å². The fourth-order valence-corrected chi connectivity index (χ4v) is 1.03. The Morgan fingerprint density at radius 1 is 1.38 bits per heavy atom. The minimum atomic E-state index is -4.94. The molecule has 0 saturated heterocycles. The molecule has 1 aromatic carbocycles. The zero-order valence-electron chi connectivity index (χ0n) is 7.53. The molecule has 88 valence electrons. The monoisotopic (exact) mass is 239 g/mol. The van der Waals surface area contributed by atoms with Gasteiger partial charge in [0.05, 0.1) is 4.92 Å². The first-order chi connectivity index (χ1) is 7.23. The number of benzene rings is 1. The first-order valence-corrected chi connectivity index (χ1v) is 3.92. The zero-order chi connectivity index (χ0) is 12.5. The van der Waals surface area contributed by atoms with Gasteiger partial charge in [-0.3, -0.25) is 10.1 Å². The number of aliphatic hydroxyl groups is 1. The van der Waals surface area contributed by atoms with E-state index in [0.29, 0.717) is 12.1 Å². The fraction of sp³-hybridized carbons (Fsp3) is 0.250. The van der Waals surface area contributed by atoms with E-state index < -0.39 is 34.3 Å². The maximum absolute atomic E-state index is 12.9. The van der Waals surface area contributed by atoms with Crippen LogP contribution in [-0.4, -0.2) is 16.2 Å². The number of nitro groups is 1. The Labute approximate surface area is 86.3 Å². The van der Waals surface area contributed by atoms with Gasteiger partial charge in [0.1, 0.15) is 0 Å². The van der Waals surface area contributed by atoms with Crippen LogP contribution in [-0.2, 0) is 0 Å². The molecule has 0 aromatic heterocycles. The predicted molar refractivity (Wildman–Crippen MR) is 44.1 cm³/mol. The van der Waals surface area contributed by atoms with Gasteiger partial charge in [-0.25, -0.2) is 0 Å². The molecule has 0 saturated carbocycles. The molecule has 0 aliphatic heterocycles. The van der Waals surface area contributed by atoms with Crippen molar-refractivity contribution in [1.82, 2.24) is 0 Å². The number of alkyl halides is 3. The molecule has 0 spiro atoms.